The first-order valence-corrected chi connectivity index (χ1v) is 15.9. The number of ketones is 2. The fourth-order valence-electron chi connectivity index (χ4n) is 7.36. The molecular formula is C34H35FN4O7S. The molecule has 6 N–H and O–H groups in total. The van der Waals surface area contributed by atoms with Crippen molar-refractivity contribution in [1.82, 2.24) is 9.88 Å². The van der Waals surface area contributed by atoms with Crippen LogP contribution in [0, 0.1) is 17.7 Å². The van der Waals surface area contributed by atoms with Gasteiger partial charge in [0.25, 0.3) is 5.91 Å². The van der Waals surface area contributed by atoms with Gasteiger partial charge >= 0.3 is 0 Å². The maximum Gasteiger partial charge on any atom is 0.255 e. The number of aromatic nitrogens is 1. The van der Waals surface area contributed by atoms with Gasteiger partial charge in [-0.15, -0.1) is 11.3 Å². The highest BCUT2D eigenvalue weighted by molar-refractivity contribution is 7.09. The Balaban J connectivity index is 1.41. The molecule has 1 saturated carbocycles. The van der Waals surface area contributed by atoms with E-state index in [0.29, 0.717) is 35.3 Å². The molecule has 3 aliphatic rings. The lowest BCUT2D eigenvalue weighted by Crippen LogP contribution is -2.65. The van der Waals surface area contributed by atoms with E-state index in [4.69, 9.17) is 5.73 Å². The van der Waals surface area contributed by atoms with Crippen LogP contribution in [0.15, 0.2) is 52.6 Å². The van der Waals surface area contributed by atoms with Gasteiger partial charge in [0.2, 0.25) is 5.78 Å². The van der Waals surface area contributed by atoms with Crippen LogP contribution in [0.25, 0.3) is 17.0 Å². The van der Waals surface area contributed by atoms with Crippen LogP contribution in [0.5, 0.6) is 5.75 Å². The van der Waals surface area contributed by atoms with Gasteiger partial charge in [0, 0.05) is 48.6 Å². The first kappa shape index (κ1) is 32.4. The number of rotatable bonds is 7. The van der Waals surface area contributed by atoms with Crippen LogP contribution < -0.4 is 10.6 Å². The third-order valence-electron chi connectivity index (χ3n) is 9.56. The van der Waals surface area contributed by atoms with Gasteiger partial charge in [-0.1, -0.05) is 0 Å². The van der Waals surface area contributed by atoms with E-state index in [-0.39, 0.29) is 35.5 Å². The second-order valence-corrected chi connectivity index (χ2v) is 13.7. The lowest BCUT2D eigenvalue weighted by Gasteiger charge is -2.50. The number of fused-ring (bicyclic) bond motifs is 3. The number of benzene rings is 2. The van der Waals surface area contributed by atoms with E-state index in [1.807, 2.05) is 30.4 Å². The van der Waals surface area contributed by atoms with Gasteiger partial charge in [0.15, 0.2) is 11.4 Å². The summed E-state index contributed by atoms with van der Waals surface area (Å²) >= 11 is 1.43. The zero-order valence-electron chi connectivity index (χ0n) is 26.2. The summed E-state index contributed by atoms with van der Waals surface area (Å²) in [5, 5.41) is 48.9. The van der Waals surface area contributed by atoms with Crippen LogP contribution in [0.2, 0.25) is 0 Å². The van der Waals surface area contributed by atoms with Crippen molar-refractivity contribution in [2.75, 3.05) is 33.1 Å². The number of carbonyl (C=O) groups is 3. The third-order valence-corrected chi connectivity index (χ3v) is 10.5. The van der Waals surface area contributed by atoms with E-state index >= 15 is 0 Å². The van der Waals surface area contributed by atoms with E-state index < -0.39 is 58.0 Å². The van der Waals surface area contributed by atoms with E-state index in [1.54, 1.807) is 26.2 Å². The molecule has 6 rings (SSSR count). The van der Waals surface area contributed by atoms with Crippen molar-refractivity contribution >= 4 is 40.3 Å². The van der Waals surface area contributed by atoms with Gasteiger partial charge in [0.1, 0.15) is 28.7 Å². The predicted octanol–water partition coefficient (Wildman–Crippen LogP) is 3.08. The summed E-state index contributed by atoms with van der Waals surface area (Å²) in [4.78, 5) is 47.7. The van der Waals surface area contributed by atoms with E-state index in [0.717, 1.165) is 10.6 Å². The number of amides is 1. The molecule has 1 fully saturated rings. The number of halogens is 1. The Morgan fingerprint density at radius 1 is 1.11 bits per heavy atom. The fraction of sp³-hybridized carbons (Fsp3) is 0.353. The number of thiazole rings is 1. The predicted molar refractivity (Wildman–Crippen MR) is 173 cm³/mol. The number of aliphatic hydroxyl groups excluding tert-OH is 2. The lowest BCUT2D eigenvalue weighted by atomic mass is 9.57. The topological polar surface area (TPSA) is 178 Å². The summed E-state index contributed by atoms with van der Waals surface area (Å²) in [5.41, 5.74) is 4.98. The minimum Gasteiger partial charge on any atom is -0.508 e. The molecule has 1 unspecified atom stereocenters. The van der Waals surface area contributed by atoms with Gasteiger partial charge < -0.3 is 31.1 Å². The Labute approximate surface area is 274 Å². The number of hydrogen-bond donors (Lipinski definition) is 5. The van der Waals surface area contributed by atoms with Crippen molar-refractivity contribution in [3.05, 3.63) is 80.1 Å². The number of primary amides is 1. The summed E-state index contributed by atoms with van der Waals surface area (Å²) in [5.74, 6) is -7.16. The summed E-state index contributed by atoms with van der Waals surface area (Å²) in [6.07, 6.45) is 0.991. The number of nitrogens with two attached hydrogens (primary N) is 1. The quantitative estimate of drug-likeness (QED) is 0.236. The highest BCUT2D eigenvalue weighted by Gasteiger charge is 2.64. The molecule has 2 aromatic carbocycles. The van der Waals surface area contributed by atoms with Gasteiger partial charge in [0.05, 0.1) is 22.3 Å². The van der Waals surface area contributed by atoms with E-state index in [1.165, 1.54) is 28.4 Å². The van der Waals surface area contributed by atoms with Crippen LogP contribution in [0.1, 0.15) is 28.1 Å². The summed E-state index contributed by atoms with van der Waals surface area (Å²) in [6, 6.07) is 6.72. The largest absolute Gasteiger partial charge is 0.508 e. The minimum absolute atomic E-state index is 0.0155. The maximum atomic E-state index is 14.2. The zero-order chi connectivity index (χ0) is 34.1. The van der Waals surface area contributed by atoms with Crippen LogP contribution >= 0.6 is 11.3 Å². The van der Waals surface area contributed by atoms with Crippen molar-refractivity contribution in [3.8, 4) is 17.0 Å². The number of aromatic hydroxyl groups is 1. The van der Waals surface area contributed by atoms with Crippen LogP contribution in [-0.2, 0) is 33.6 Å². The number of phenolic OH excluding ortho intramolecular Hbond substituents is 1. The number of aryl methyl sites for hydroxylation is 2. The smallest absolute Gasteiger partial charge is 0.255 e. The molecule has 1 amide bonds. The van der Waals surface area contributed by atoms with E-state index in [9.17, 15) is 39.2 Å². The van der Waals surface area contributed by atoms with Crippen molar-refractivity contribution in [2.45, 2.75) is 37.3 Å². The molecule has 0 saturated heterocycles. The van der Waals surface area contributed by atoms with Gasteiger partial charge in [-0.25, -0.2) is 9.37 Å². The summed E-state index contributed by atoms with van der Waals surface area (Å²) in [6.45, 7) is 0. The number of hydrogen-bond acceptors (Lipinski definition) is 11. The molecule has 4 atom stereocenters. The molecule has 3 aromatic rings. The molecule has 1 aromatic heterocycles. The van der Waals surface area contributed by atoms with E-state index in [2.05, 4.69) is 4.98 Å². The third kappa shape index (κ3) is 5.00. The maximum absolute atomic E-state index is 14.2. The number of Topliss-reactive ketones (excluding diaryl/α,β-unsaturated/α-hetero) is 2. The molecular weight excluding hydrogens is 627 g/mol. The van der Waals surface area contributed by atoms with Crippen LogP contribution in [0.3, 0.4) is 0 Å². The first-order valence-electron chi connectivity index (χ1n) is 15.1. The average molecular weight is 663 g/mol. The Hall–Kier alpha value is -4.59. The molecule has 246 valence electrons. The molecule has 1 heterocycles. The number of phenols is 1. The Kier molecular flexibility index (Phi) is 7.97. The van der Waals surface area contributed by atoms with Crippen molar-refractivity contribution in [2.24, 2.45) is 17.6 Å². The fourth-order valence-corrected chi connectivity index (χ4v) is 8.16. The zero-order valence-corrected chi connectivity index (χ0v) is 27.1. The number of carbonyl (C=O) groups excluding carboxylic acids is 3. The summed E-state index contributed by atoms with van der Waals surface area (Å²) in [7, 11) is 6.77. The Morgan fingerprint density at radius 2 is 1.79 bits per heavy atom. The van der Waals surface area contributed by atoms with Gasteiger partial charge in [-0.05, 0) is 80.7 Å². The molecule has 11 nitrogen and oxygen atoms in total. The molecule has 13 heteroatoms. The second kappa shape index (κ2) is 11.6. The molecule has 0 aliphatic heterocycles. The molecule has 3 aliphatic carbocycles. The average Bonchev–Trinajstić information content (AvgIpc) is 3.47. The van der Waals surface area contributed by atoms with Crippen molar-refractivity contribution in [3.63, 3.8) is 0 Å². The standard InChI is InChI=1S/C34H35FN4O7S/c1-38(2)22-13-16(7-10-23-37-21(14-47-23)15-5-8-18(35)9-6-15)28(40)25-19(22)11-17-12-20-27(39(3)4)30(42)26(33(36)45)32(44)34(20,46)31(43)24(17)29(25)41/h5-6,8-9,13-14,17,20,27,40-41,44,46H,7,10-12H2,1-4H3,(H2,36,45)/t17-,20-,27?,34-/m0/s1. The molecule has 47 heavy (non-hydrogen) atoms. The lowest BCUT2D eigenvalue weighted by molar-refractivity contribution is -0.153. The molecule has 0 bridgehead atoms. The van der Waals surface area contributed by atoms with Crippen molar-refractivity contribution < 1.29 is 39.2 Å². The van der Waals surface area contributed by atoms with Crippen LogP contribution in [0.4, 0.5) is 10.1 Å². The number of nitrogens with zero attached hydrogens (tertiary/aromatic N) is 3. The highest BCUT2D eigenvalue weighted by atomic mass is 32.1. The van der Waals surface area contributed by atoms with Crippen LogP contribution in [-0.4, -0.2) is 87.6 Å². The summed E-state index contributed by atoms with van der Waals surface area (Å²) < 4.78 is 13.4. The van der Waals surface area contributed by atoms with Crippen molar-refractivity contribution in [1.29, 1.82) is 0 Å². The van der Waals surface area contributed by atoms with Gasteiger partial charge in [-0.3, -0.25) is 19.3 Å². The highest BCUT2D eigenvalue weighted by Crippen LogP contribution is 2.54. The normalized spacial score (nSPS) is 23.9. The Bertz CT molecular complexity index is 1900. The first-order chi connectivity index (χ1) is 22.2. The number of aliphatic hydroxyl groups is 3. The SMILES string of the molecule is CN(C)c1cc(CCc2nc(-c3ccc(F)cc3)cs2)c(O)c2c1C[C@H]1C[C@H]3C(N(C)C)C(=O)C(C(N)=O)=C(O)[C@@]3(O)C(=O)C1=C2O. The van der Waals surface area contributed by atoms with Gasteiger partial charge in [-0.2, -0.15) is 0 Å². The minimum atomic E-state index is -2.70. The molecule has 0 spiro atoms. The number of likely N-dealkylation sites (N-methyl/N-ethyl adjacent to an activating group) is 1. The Morgan fingerprint density at radius 3 is 2.40 bits per heavy atom. The molecule has 0 radical (unpaired) electrons. The monoisotopic (exact) mass is 662 g/mol. The second-order valence-electron chi connectivity index (χ2n) is 12.7. The number of anilines is 1.